The molecule has 468 valence electrons. The van der Waals surface area contributed by atoms with Crippen molar-refractivity contribution in [2.45, 2.75) is 64.7 Å². The Balaban J connectivity index is 0.975. The fraction of sp³-hybridized carbons (Fsp3) is 0.109. The van der Waals surface area contributed by atoms with Crippen molar-refractivity contribution < 1.29 is 8.83 Å². The van der Waals surface area contributed by atoms with E-state index in [0.717, 1.165) is 89.0 Å². The normalized spacial score (nSPS) is 13.0. The smallest absolute Gasteiger partial charge is 0.184 e. The molecule has 0 bridgehead atoms. The van der Waals surface area contributed by atoms with E-state index in [-0.39, 0.29) is 10.8 Å². The zero-order valence-corrected chi connectivity index (χ0v) is 56.8. The van der Waals surface area contributed by atoms with Crippen LogP contribution in [0.25, 0.3) is 65.8 Å². The van der Waals surface area contributed by atoms with E-state index in [1.54, 1.807) is 0 Å². The van der Waals surface area contributed by atoms with Gasteiger partial charge in [0, 0.05) is 55.4 Å². The van der Waals surface area contributed by atoms with Gasteiger partial charge in [-0.2, -0.15) is 0 Å². The van der Waals surface area contributed by atoms with Gasteiger partial charge in [-0.1, -0.05) is 284 Å². The van der Waals surface area contributed by atoms with Crippen molar-refractivity contribution in [2.24, 2.45) is 0 Å². The Morgan fingerprint density at radius 1 is 0.320 bits per heavy atom. The molecule has 0 unspecified atom stereocenters. The molecule has 0 radical (unpaired) electrons. The van der Waals surface area contributed by atoms with Crippen LogP contribution in [0.15, 0.2) is 330 Å². The fourth-order valence-electron chi connectivity index (χ4n) is 16.1. The molecule has 4 nitrogen and oxygen atoms in total. The van der Waals surface area contributed by atoms with Gasteiger partial charge in [0.1, 0.15) is 22.3 Å². The third kappa shape index (κ3) is 9.53. The summed E-state index contributed by atoms with van der Waals surface area (Å²) in [6.07, 6.45) is 0. The molecule has 2 heterocycles. The molecule has 0 N–H and O–H groups in total. The lowest BCUT2D eigenvalue weighted by molar-refractivity contribution is 0.590. The molecule has 0 saturated heterocycles. The summed E-state index contributed by atoms with van der Waals surface area (Å²) in [6, 6.07) is 121. The number of hydrogen-bond donors (Lipinski definition) is 0. The molecule has 97 heavy (non-hydrogen) atoms. The maximum absolute atomic E-state index is 7.36. The molecule has 1 aliphatic rings. The molecular weight excluding hydrogens is 1190 g/mol. The molecule has 0 spiro atoms. The van der Waals surface area contributed by atoms with Crippen LogP contribution in [0.3, 0.4) is 0 Å². The van der Waals surface area contributed by atoms with E-state index >= 15 is 0 Å². The van der Waals surface area contributed by atoms with E-state index in [1.807, 2.05) is 0 Å². The van der Waals surface area contributed by atoms with Gasteiger partial charge in [0.15, 0.2) is 8.07 Å². The number of rotatable bonds is 12. The summed E-state index contributed by atoms with van der Waals surface area (Å²) >= 11 is 0. The van der Waals surface area contributed by atoms with E-state index in [0.29, 0.717) is 0 Å². The summed E-state index contributed by atoms with van der Waals surface area (Å²) in [6.45, 7) is 16.0. The first-order valence-corrected chi connectivity index (χ1v) is 36.0. The predicted octanol–water partition coefficient (Wildman–Crippen LogP) is 22.2. The summed E-state index contributed by atoms with van der Waals surface area (Å²) in [5, 5.41) is 11.7. The van der Waals surface area contributed by atoms with Gasteiger partial charge < -0.3 is 18.6 Å². The Morgan fingerprint density at radius 2 is 0.732 bits per heavy atom. The van der Waals surface area contributed by atoms with E-state index in [9.17, 15) is 0 Å². The third-order valence-electron chi connectivity index (χ3n) is 20.7. The van der Waals surface area contributed by atoms with Crippen LogP contribution < -0.4 is 30.5 Å². The van der Waals surface area contributed by atoms with E-state index in [2.05, 4.69) is 380 Å². The van der Waals surface area contributed by atoms with Crippen LogP contribution in [-0.2, 0) is 16.2 Å². The second kappa shape index (κ2) is 23.0. The second-order valence-electron chi connectivity index (χ2n) is 28.4. The lowest BCUT2D eigenvalue weighted by atomic mass is 9.67. The monoisotopic (exact) mass is 1270 g/mol. The summed E-state index contributed by atoms with van der Waals surface area (Å²) in [5.41, 5.74) is 19.8. The van der Waals surface area contributed by atoms with Crippen LogP contribution in [0.5, 0.6) is 0 Å². The summed E-state index contributed by atoms with van der Waals surface area (Å²) < 4.78 is 14.0. The van der Waals surface area contributed by atoms with Crippen LogP contribution in [0.2, 0.25) is 0 Å². The zero-order valence-electron chi connectivity index (χ0n) is 55.8. The van der Waals surface area contributed by atoms with Gasteiger partial charge in [0.2, 0.25) is 0 Å². The highest BCUT2D eigenvalue weighted by atomic mass is 28.3. The number of para-hydroxylation sites is 2. The molecule has 0 aliphatic heterocycles. The van der Waals surface area contributed by atoms with E-state index in [1.165, 1.54) is 70.6 Å². The maximum atomic E-state index is 7.36. The third-order valence-corrected chi connectivity index (χ3v) is 25.4. The number of anilines is 6. The Kier molecular flexibility index (Phi) is 14.1. The first-order chi connectivity index (χ1) is 47.3. The van der Waals surface area contributed by atoms with Crippen LogP contribution in [0, 0.1) is 6.92 Å². The number of nitrogens with zero attached hydrogens (tertiary/aromatic N) is 2. The lowest BCUT2D eigenvalue weighted by Crippen LogP contribution is -2.74. The van der Waals surface area contributed by atoms with Gasteiger partial charge >= 0.3 is 0 Å². The molecule has 0 atom stereocenters. The lowest BCUT2D eigenvalue weighted by Gasteiger charge is -2.37. The van der Waals surface area contributed by atoms with Crippen LogP contribution >= 0.6 is 0 Å². The second-order valence-corrected chi connectivity index (χ2v) is 32.2. The van der Waals surface area contributed by atoms with Crippen LogP contribution in [0.4, 0.5) is 34.1 Å². The minimum atomic E-state index is -3.27. The molecule has 14 aromatic carbocycles. The van der Waals surface area contributed by atoms with Crippen molar-refractivity contribution in [3.05, 3.63) is 360 Å². The topological polar surface area (TPSA) is 32.8 Å². The summed E-state index contributed by atoms with van der Waals surface area (Å²) in [5.74, 6) is 0. The van der Waals surface area contributed by atoms with Crippen molar-refractivity contribution in [1.29, 1.82) is 0 Å². The van der Waals surface area contributed by atoms with Crippen LogP contribution in [-0.4, -0.2) is 8.07 Å². The van der Waals surface area contributed by atoms with Crippen molar-refractivity contribution in [2.75, 3.05) is 9.80 Å². The number of furan rings is 2. The summed E-state index contributed by atoms with van der Waals surface area (Å²) in [7, 11) is -3.27. The summed E-state index contributed by atoms with van der Waals surface area (Å²) in [4.78, 5) is 5.05. The fourth-order valence-corrected chi connectivity index (χ4v) is 21.0. The highest BCUT2D eigenvalue weighted by molar-refractivity contribution is 7.20. The average Bonchev–Trinajstić information content (AvgIpc) is 1.56. The highest BCUT2D eigenvalue weighted by Gasteiger charge is 2.49. The number of hydrogen-bond acceptors (Lipinski definition) is 4. The van der Waals surface area contributed by atoms with Gasteiger partial charge in [-0.25, -0.2) is 0 Å². The SMILES string of the molecule is Cc1cc(N(c2ccc(C(C)(C)C)cc2)c2cc3c(c4ccccc24)-c2ccc(N(c4ccc(C(C)(C)C)cc4)c4cc([Si](c5ccccc5)(c5ccccc5)c5ccccc5)c5oc6ccccc6c5c4)cc2C3(c2ccccc2)c2ccccc2)cc2c1oc1ccccc12. The first kappa shape index (κ1) is 59.5. The minimum Gasteiger partial charge on any atom is -0.456 e. The van der Waals surface area contributed by atoms with Gasteiger partial charge in [0.05, 0.1) is 11.1 Å². The van der Waals surface area contributed by atoms with Gasteiger partial charge in [-0.05, 0) is 173 Å². The maximum Gasteiger partial charge on any atom is 0.184 e. The Hall–Kier alpha value is -11.2. The quantitative estimate of drug-likeness (QED) is 0.0901. The van der Waals surface area contributed by atoms with E-state index in [4.69, 9.17) is 8.83 Å². The predicted molar refractivity (Wildman–Crippen MR) is 411 cm³/mol. The molecular formula is C92H74N2O2Si. The molecule has 0 fully saturated rings. The largest absolute Gasteiger partial charge is 0.456 e. The van der Waals surface area contributed by atoms with Gasteiger partial charge in [0.25, 0.3) is 0 Å². The molecule has 0 saturated carbocycles. The first-order valence-electron chi connectivity index (χ1n) is 34.0. The minimum absolute atomic E-state index is 0.0443. The standard InChI is InChI=1S/C92H74N2O2Si/c1-61-55-69(56-79-75-40-25-27-43-84(75)95-88(61)79)94(67-51-47-63(48-52-67)91(5,6)7)83-60-82-87(77-42-24-23-39-74(77)83)78-54-53-68(58-81(78)92(82,64-29-13-8-14-30-64)65-31-15-9-16-32-65)93(66-49-45-62(46-50-66)90(2,3)4)70-57-80-76-41-26-28-44-85(76)96-89(80)86(59-70)97(71-33-17-10-18-34-71,72-35-19-11-20-36-72)73-37-21-12-22-38-73/h8-60H,1-7H3. The Labute approximate surface area is 569 Å². The molecule has 16 aromatic rings. The van der Waals surface area contributed by atoms with Gasteiger partial charge in [-0.15, -0.1) is 0 Å². The molecule has 0 amide bonds. The number of aryl methyl sites for hydroxylation is 1. The zero-order chi connectivity index (χ0) is 65.8. The average molecular weight is 1270 g/mol. The molecule has 5 heteroatoms. The van der Waals surface area contributed by atoms with Crippen LogP contribution in [0.1, 0.15) is 80.5 Å². The van der Waals surface area contributed by atoms with Crippen molar-refractivity contribution >= 4 is 118 Å². The Bertz CT molecular complexity index is 5510. The van der Waals surface area contributed by atoms with Gasteiger partial charge in [-0.3, -0.25) is 0 Å². The van der Waals surface area contributed by atoms with Crippen molar-refractivity contribution in [3.63, 3.8) is 0 Å². The molecule has 1 aliphatic carbocycles. The van der Waals surface area contributed by atoms with E-state index < -0.39 is 13.5 Å². The molecule has 2 aromatic heterocycles. The highest BCUT2D eigenvalue weighted by Crippen LogP contribution is 2.61. The molecule has 17 rings (SSSR count). The van der Waals surface area contributed by atoms with Crippen molar-refractivity contribution in [3.8, 4) is 11.1 Å². The number of fused-ring (bicyclic) bond motifs is 11. The number of benzene rings is 14. The Morgan fingerprint density at radius 3 is 1.24 bits per heavy atom. The van der Waals surface area contributed by atoms with Crippen molar-refractivity contribution in [1.82, 2.24) is 0 Å².